The van der Waals surface area contributed by atoms with E-state index in [0.717, 1.165) is 0 Å². The summed E-state index contributed by atoms with van der Waals surface area (Å²) in [6, 6.07) is 0. The van der Waals surface area contributed by atoms with Gasteiger partial charge in [-0.25, -0.2) is 5.14 Å². The van der Waals surface area contributed by atoms with E-state index in [2.05, 4.69) is 13.9 Å². The minimum atomic E-state index is -3.66. The second-order valence-corrected chi connectivity index (χ2v) is 4.75. The molecular formula is C3H7N3O2S2. The van der Waals surface area contributed by atoms with Gasteiger partial charge in [0.25, 0.3) is 0 Å². The first-order valence-electron chi connectivity index (χ1n) is 2.53. The molecule has 1 aliphatic rings. The Morgan fingerprint density at radius 2 is 2.40 bits per heavy atom. The summed E-state index contributed by atoms with van der Waals surface area (Å²) in [6.45, 7) is 0.655. The van der Waals surface area contributed by atoms with Crippen LogP contribution >= 0.6 is 0 Å². The zero-order valence-electron chi connectivity index (χ0n) is 5.10. The van der Waals surface area contributed by atoms with E-state index in [1.807, 2.05) is 0 Å². The molecule has 0 amide bonds. The molecule has 1 aliphatic heterocycles. The van der Waals surface area contributed by atoms with E-state index in [0.29, 0.717) is 12.3 Å². The maximum absolute atomic E-state index is 10.3. The van der Waals surface area contributed by atoms with Crippen LogP contribution in [0.1, 0.15) is 0 Å². The van der Waals surface area contributed by atoms with Gasteiger partial charge < -0.3 is 0 Å². The lowest BCUT2D eigenvalue weighted by molar-refractivity contribution is 0.600. The molecule has 10 heavy (non-hydrogen) atoms. The lowest BCUT2D eigenvalue weighted by atomic mass is 10.8. The van der Waals surface area contributed by atoms with Crippen molar-refractivity contribution >= 4 is 26.4 Å². The van der Waals surface area contributed by atoms with Crippen molar-refractivity contribution in [2.75, 3.05) is 12.3 Å². The van der Waals surface area contributed by atoms with Crippen LogP contribution in [0.5, 0.6) is 0 Å². The number of nitrogens with zero attached hydrogens (tertiary/aromatic N) is 2. The average molecular weight is 181 g/mol. The van der Waals surface area contributed by atoms with E-state index in [1.165, 1.54) is 5.55 Å². The highest BCUT2D eigenvalue weighted by atomic mass is 32.3. The van der Waals surface area contributed by atoms with Crippen molar-refractivity contribution in [1.29, 1.82) is 0 Å². The van der Waals surface area contributed by atoms with Gasteiger partial charge in [0.15, 0.2) is 0 Å². The maximum atomic E-state index is 10.3. The van der Waals surface area contributed by atoms with Crippen LogP contribution in [0, 0.1) is 0 Å². The lowest BCUT2D eigenvalue weighted by Crippen LogP contribution is -2.10. The van der Waals surface area contributed by atoms with Crippen LogP contribution in [0.25, 0.3) is 0 Å². The van der Waals surface area contributed by atoms with Gasteiger partial charge in [-0.15, -0.1) is 3.77 Å². The Morgan fingerprint density at radius 3 is 2.80 bits per heavy atom. The molecule has 1 unspecified atom stereocenters. The molecule has 0 spiro atoms. The topological polar surface area (TPSA) is 84.9 Å². The number of hydrogen-bond donors (Lipinski definition) is 1. The summed E-state index contributed by atoms with van der Waals surface area (Å²) < 4.78 is 24.0. The van der Waals surface area contributed by atoms with E-state index in [1.54, 1.807) is 0 Å². The average Bonchev–Trinajstić information content (AvgIpc) is 2.12. The van der Waals surface area contributed by atoms with Crippen LogP contribution in [0.3, 0.4) is 0 Å². The summed E-state index contributed by atoms with van der Waals surface area (Å²) in [5.74, 6) is 0.677. The molecule has 0 aliphatic carbocycles. The highest BCUT2D eigenvalue weighted by Crippen LogP contribution is 1.96. The van der Waals surface area contributed by atoms with E-state index in [9.17, 15) is 8.42 Å². The van der Waals surface area contributed by atoms with Gasteiger partial charge in [-0.05, 0) is 10.7 Å². The number of rotatable bonds is 1. The predicted molar refractivity (Wildman–Crippen MR) is 41.1 cm³/mol. The molecule has 0 saturated carbocycles. The standard InChI is InChI=1S/C3H7N3O2S2/c4-10(7,8)6-9-2-1-5-3-9/h3H,1-2H2,(H2,4,7,8). The fourth-order valence-corrected chi connectivity index (χ4v) is 2.72. The zero-order chi connectivity index (χ0) is 7.61. The molecule has 0 aromatic rings. The Morgan fingerprint density at radius 1 is 1.70 bits per heavy atom. The molecule has 0 fully saturated rings. The molecule has 1 rings (SSSR count). The molecule has 0 aromatic heterocycles. The van der Waals surface area contributed by atoms with Gasteiger partial charge in [-0.1, -0.05) is 0 Å². The van der Waals surface area contributed by atoms with Gasteiger partial charge in [-0.2, -0.15) is 8.42 Å². The van der Waals surface area contributed by atoms with Gasteiger partial charge in [0.05, 0.1) is 5.55 Å². The predicted octanol–water partition coefficient (Wildman–Crippen LogP) is -0.966. The third kappa shape index (κ3) is 2.54. The first kappa shape index (κ1) is 7.83. The van der Waals surface area contributed by atoms with Crippen LogP contribution in [-0.4, -0.2) is 26.3 Å². The number of aliphatic imine (C=N–C) groups is 1. The molecule has 7 heteroatoms. The molecule has 0 saturated heterocycles. The zero-order valence-corrected chi connectivity index (χ0v) is 6.73. The number of hydrogen-bond acceptors (Lipinski definition) is 3. The highest BCUT2D eigenvalue weighted by Gasteiger charge is 2.04. The largest absolute Gasteiger partial charge is 0.323 e. The molecule has 5 nitrogen and oxygen atoms in total. The normalized spacial score (nSPS) is 25.9. The molecule has 58 valence electrons. The SMILES string of the molecule is NS(=O)(=O)/N=S1/C=NCC1. The van der Waals surface area contributed by atoms with Gasteiger partial charge in [0, 0.05) is 12.3 Å². The van der Waals surface area contributed by atoms with Crippen LogP contribution in [0.15, 0.2) is 8.76 Å². The second kappa shape index (κ2) is 2.77. The second-order valence-electron chi connectivity index (χ2n) is 1.71. The molecule has 0 bridgehead atoms. The summed E-state index contributed by atoms with van der Waals surface area (Å²) in [7, 11) is -4.24. The summed E-state index contributed by atoms with van der Waals surface area (Å²) >= 11 is 0. The maximum Gasteiger partial charge on any atom is 0.323 e. The summed E-state index contributed by atoms with van der Waals surface area (Å²) in [6.07, 6.45) is 0. The molecule has 2 N–H and O–H groups in total. The van der Waals surface area contributed by atoms with Crippen molar-refractivity contribution in [3.05, 3.63) is 0 Å². The fourth-order valence-electron chi connectivity index (χ4n) is 0.528. The minimum Gasteiger partial charge on any atom is -0.284 e. The Labute approximate surface area is 61.6 Å². The Kier molecular flexibility index (Phi) is 2.17. The third-order valence-electron chi connectivity index (χ3n) is 0.825. The smallest absolute Gasteiger partial charge is 0.284 e. The summed E-state index contributed by atoms with van der Waals surface area (Å²) in [5, 5.41) is 4.67. The van der Waals surface area contributed by atoms with E-state index < -0.39 is 20.9 Å². The van der Waals surface area contributed by atoms with Crippen molar-refractivity contribution in [1.82, 2.24) is 0 Å². The number of nitrogens with two attached hydrogens (primary N) is 1. The minimum absolute atomic E-state index is 0.576. The molecule has 0 radical (unpaired) electrons. The van der Waals surface area contributed by atoms with Gasteiger partial charge in [0.1, 0.15) is 0 Å². The van der Waals surface area contributed by atoms with Gasteiger partial charge in [0.2, 0.25) is 0 Å². The summed E-state index contributed by atoms with van der Waals surface area (Å²) in [4.78, 5) is 3.82. The van der Waals surface area contributed by atoms with Crippen LogP contribution < -0.4 is 5.14 Å². The first-order chi connectivity index (χ1) is 4.58. The van der Waals surface area contributed by atoms with Crippen molar-refractivity contribution in [3.63, 3.8) is 0 Å². The molecule has 1 atom stereocenters. The van der Waals surface area contributed by atoms with Crippen LogP contribution in [0.2, 0.25) is 0 Å². The monoisotopic (exact) mass is 181 g/mol. The van der Waals surface area contributed by atoms with E-state index in [4.69, 9.17) is 0 Å². The Hall–Kier alpha value is -0.270. The highest BCUT2D eigenvalue weighted by molar-refractivity contribution is 8.07. The molecular weight excluding hydrogens is 174 g/mol. The Balaban J connectivity index is 2.83. The van der Waals surface area contributed by atoms with Gasteiger partial charge in [-0.3, -0.25) is 4.99 Å². The van der Waals surface area contributed by atoms with Crippen molar-refractivity contribution in [2.45, 2.75) is 0 Å². The summed E-state index contributed by atoms with van der Waals surface area (Å²) in [5.41, 5.74) is 1.53. The van der Waals surface area contributed by atoms with Crippen molar-refractivity contribution in [3.8, 4) is 0 Å². The third-order valence-corrected chi connectivity index (χ3v) is 3.42. The van der Waals surface area contributed by atoms with Crippen LogP contribution in [-0.2, 0) is 20.9 Å². The molecule has 1 heterocycles. The van der Waals surface area contributed by atoms with E-state index >= 15 is 0 Å². The van der Waals surface area contributed by atoms with Gasteiger partial charge >= 0.3 is 10.2 Å². The van der Waals surface area contributed by atoms with E-state index in [-0.39, 0.29) is 0 Å². The first-order valence-corrected chi connectivity index (χ1v) is 5.45. The lowest BCUT2D eigenvalue weighted by Gasteiger charge is -1.89. The van der Waals surface area contributed by atoms with Crippen molar-refractivity contribution < 1.29 is 8.42 Å². The van der Waals surface area contributed by atoms with Crippen LogP contribution in [0.4, 0.5) is 0 Å². The van der Waals surface area contributed by atoms with Crippen molar-refractivity contribution in [2.24, 2.45) is 13.9 Å². The quantitative estimate of drug-likeness (QED) is 0.564. The Bertz CT molecular complexity index is 278. The molecule has 0 aromatic carbocycles. The fraction of sp³-hybridized carbons (Fsp3) is 0.667.